The SMILES string of the molecule is CNC(=O)OCC(C=O)COC(=O)NI. The molecule has 0 fully saturated rings. The summed E-state index contributed by atoms with van der Waals surface area (Å²) in [6.45, 7) is -0.257. The van der Waals surface area contributed by atoms with E-state index in [2.05, 4.69) is 18.3 Å². The molecule has 0 saturated carbocycles. The number of alkyl carbamates (subject to hydrolysis) is 1. The van der Waals surface area contributed by atoms with Crippen LogP contribution in [0.5, 0.6) is 0 Å². The van der Waals surface area contributed by atoms with Crippen LogP contribution in [0.4, 0.5) is 9.59 Å². The third-order valence-electron chi connectivity index (χ3n) is 1.33. The van der Waals surface area contributed by atoms with Gasteiger partial charge in [-0.2, -0.15) is 0 Å². The van der Waals surface area contributed by atoms with Crippen molar-refractivity contribution in [1.29, 1.82) is 0 Å². The molecule has 0 spiro atoms. The zero-order valence-electron chi connectivity index (χ0n) is 7.99. The van der Waals surface area contributed by atoms with E-state index in [1.54, 1.807) is 22.9 Å². The zero-order chi connectivity index (χ0) is 11.7. The first-order valence-corrected chi connectivity index (χ1v) is 5.05. The van der Waals surface area contributed by atoms with Crippen molar-refractivity contribution in [2.75, 3.05) is 20.3 Å². The van der Waals surface area contributed by atoms with Gasteiger partial charge in [-0.15, -0.1) is 0 Å². The number of nitrogens with one attached hydrogen (secondary N) is 2. The summed E-state index contributed by atoms with van der Waals surface area (Å²) in [4.78, 5) is 31.8. The number of carbonyl (C=O) groups is 3. The Bertz CT molecular complexity index is 215. The van der Waals surface area contributed by atoms with Crippen molar-refractivity contribution in [1.82, 2.24) is 8.85 Å². The van der Waals surface area contributed by atoms with Gasteiger partial charge in [0, 0.05) is 7.05 Å². The Kier molecular flexibility index (Phi) is 7.68. The fraction of sp³-hybridized carbons (Fsp3) is 0.571. The summed E-state index contributed by atoms with van der Waals surface area (Å²) in [5.74, 6) is -0.656. The molecule has 0 rings (SSSR count). The Hall–Kier alpha value is -1.06. The van der Waals surface area contributed by atoms with Gasteiger partial charge in [-0.25, -0.2) is 9.59 Å². The molecular formula is C7H11IN2O5. The van der Waals surface area contributed by atoms with Crippen molar-refractivity contribution in [2.45, 2.75) is 0 Å². The van der Waals surface area contributed by atoms with Crippen LogP contribution in [0.2, 0.25) is 0 Å². The number of hydrogen-bond donors (Lipinski definition) is 2. The molecule has 0 radical (unpaired) electrons. The lowest BCUT2D eigenvalue weighted by Gasteiger charge is -2.10. The predicted octanol–water partition coefficient (Wildman–Crippen LogP) is 0.234. The van der Waals surface area contributed by atoms with Crippen molar-refractivity contribution < 1.29 is 23.9 Å². The molecule has 2 N–H and O–H groups in total. The van der Waals surface area contributed by atoms with Gasteiger partial charge < -0.3 is 19.6 Å². The van der Waals surface area contributed by atoms with Crippen molar-refractivity contribution in [2.24, 2.45) is 5.92 Å². The average molecular weight is 330 g/mol. The van der Waals surface area contributed by atoms with Crippen LogP contribution >= 0.6 is 22.9 Å². The van der Waals surface area contributed by atoms with E-state index in [1.807, 2.05) is 0 Å². The van der Waals surface area contributed by atoms with Crippen LogP contribution in [0.25, 0.3) is 0 Å². The maximum Gasteiger partial charge on any atom is 0.415 e. The summed E-state index contributed by atoms with van der Waals surface area (Å²) in [5.41, 5.74) is 0. The highest BCUT2D eigenvalue weighted by atomic mass is 127. The van der Waals surface area contributed by atoms with Crippen LogP contribution in [0, 0.1) is 5.92 Å². The number of carbonyl (C=O) groups excluding carboxylic acids is 3. The maximum atomic E-state index is 10.7. The second-order valence-corrected chi connectivity index (χ2v) is 2.98. The summed E-state index contributed by atoms with van der Waals surface area (Å²) in [7, 11) is 1.40. The Morgan fingerprint density at radius 1 is 1.33 bits per heavy atom. The summed E-state index contributed by atoms with van der Waals surface area (Å²) >= 11 is 1.60. The van der Waals surface area contributed by atoms with Crippen LogP contribution < -0.4 is 8.85 Å². The first-order valence-electron chi connectivity index (χ1n) is 3.97. The highest BCUT2D eigenvalue weighted by Crippen LogP contribution is 1.96. The standard InChI is InChI=1S/C7H11IN2O5/c1-9-6(12)14-3-5(2-11)4-15-7(13)10-8/h2,5H,3-4H2,1H3,(H,9,12)(H,10,13). The molecular weight excluding hydrogens is 319 g/mol. The van der Waals surface area contributed by atoms with Gasteiger partial charge in [0.2, 0.25) is 0 Å². The van der Waals surface area contributed by atoms with E-state index >= 15 is 0 Å². The largest absolute Gasteiger partial charge is 0.449 e. The van der Waals surface area contributed by atoms with Gasteiger partial charge in [-0.05, 0) is 0 Å². The Morgan fingerprint density at radius 2 is 1.87 bits per heavy atom. The highest BCUT2D eigenvalue weighted by Gasteiger charge is 2.12. The van der Waals surface area contributed by atoms with E-state index in [0.29, 0.717) is 6.29 Å². The molecule has 0 aromatic carbocycles. The number of hydrogen-bond acceptors (Lipinski definition) is 5. The summed E-state index contributed by atoms with van der Waals surface area (Å²) in [6, 6.07) is 0. The van der Waals surface area contributed by atoms with Crippen LogP contribution in [-0.4, -0.2) is 38.7 Å². The van der Waals surface area contributed by atoms with E-state index < -0.39 is 18.1 Å². The summed E-state index contributed by atoms with van der Waals surface area (Å²) in [5, 5.41) is 2.22. The first-order chi connectivity index (χ1) is 7.13. The minimum atomic E-state index is -0.656. The number of ether oxygens (including phenoxy) is 2. The quantitative estimate of drug-likeness (QED) is 0.428. The lowest BCUT2D eigenvalue weighted by Crippen LogP contribution is -2.27. The molecule has 7 nitrogen and oxygen atoms in total. The number of aldehydes is 1. The van der Waals surface area contributed by atoms with Crippen LogP contribution in [0.1, 0.15) is 0 Å². The minimum absolute atomic E-state index is 0.127. The van der Waals surface area contributed by atoms with Gasteiger partial charge in [-0.3, -0.25) is 3.53 Å². The molecule has 0 aliphatic carbocycles. The Balaban J connectivity index is 3.78. The maximum absolute atomic E-state index is 10.7. The highest BCUT2D eigenvalue weighted by molar-refractivity contribution is 14.1. The summed E-state index contributed by atoms with van der Waals surface area (Å²) < 4.78 is 11.4. The lowest BCUT2D eigenvalue weighted by molar-refractivity contribution is -0.113. The van der Waals surface area contributed by atoms with Crippen LogP contribution in [0.3, 0.4) is 0 Å². The van der Waals surface area contributed by atoms with Gasteiger partial charge in [0.15, 0.2) is 0 Å². The first kappa shape index (κ1) is 13.9. The van der Waals surface area contributed by atoms with E-state index in [1.165, 1.54) is 7.05 Å². The molecule has 0 aliphatic heterocycles. The monoisotopic (exact) mass is 330 g/mol. The summed E-state index contributed by atoms with van der Waals surface area (Å²) in [6.07, 6.45) is -0.730. The molecule has 0 bridgehead atoms. The molecule has 2 amide bonds. The number of amides is 2. The van der Waals surface area contributed by atoms with Gasteiger partial charge in [-0.1, -0.05) is 0 Å². The molecule has 0 aliphatic rings. The second kappa shape index (κ2) is 8.26. The lowest BCUT2D eigenvalue weighted by atomic mass is 10.2. The van der Waals surface area contributed by atoms with E-state index in [4.69, 9.17) is 0 Å². The third kappa shape index (κ3) is 6.94. The molecule has 86 valence electrons. The Labute approximate surface area is 100 Å². The normalized spacial score (nSPS) is 11.1. The van der Waals surface area contributed by atoms with Crippen LogP contribution in [-0.2, 0) is 14.3 Å². The fourth-order valence-electron chi connectivity index (χ4n) is 0.592. The number of halogens is 1. The zero-order valence-corrected chi connectivity index (χ0v) is 10.1. The fourth-order valence-corrected chi connectivity index (χ4v) is 0.747. The second-order valence-electron chi connectivity index (χ2n) is 2.44. The molecule has 8 heteroatoms. The molecule has 0 saturated heterocycles. The van der Waals surface area contributed by atoms with Crippen molar-refractivity contribution in [3.05, 3.63) is 0 Å². The molecule has 0 heterocycles. The smallest absolute Gasteiger partial charge is 0.415 e. The van der Waals surface area contributed by atoms with Gasteiger partial charge in [0.25, 0.3) is 0 Å². The van der Waals surface area contributed by atoms with Gasteiger partial charge >= 0.3 is 12.2 Å². The molecule has 1 unspecified atom stereocenters. The minimum Gasteiger partial charge on any atom is -0.449 e. The number of rotatable bonds is 5. The molecule has 0 aromatic heterocycles. The predicted molar refractivity (Wildman–Crippen MR) is 58.5 cm³/mol. The molecule has 1 atom stereocenters. The van der Waals surface area contributed by atoms with Crippen molar-refractivity contribution in [3.63, 3.8) is 0 Å². The van der Waals surface area contributed by atoms with Crippen LogP contribution in [0.15, 0.2) is 0 Å². The van der Waals surface area contributed by atoms with E-state index in [-0.39, 0.29) is 13.2 Å². The Morgan fingerprint density at radius 3 is 2.27 bits per heavy atom. The van der Waals surface area contributed by atoms with Crippen molar-refractivity contribution in [3.8, 4) is 0 Å². The molecule has 15 heavy (non-hydrogen) atoms. The topological polar surface area (TPSA) is 93.7 Å². The average Bonchev–Trinajstić information content (AvgIpc) is 2.28. The van der Waals surface area contributed by atoms with Gasteiger partial charge in [0.1, 0.15) is 19.5 Å². The molecule has 0 aromatic rings. The third-order valence-corrected chi connectivity index (χ3v) is 1.77. The van der Waals surface area contributed by atoms with E-state index in [0.717, 1.165) is 0 Å². The van der Waals surface area contributed by atoms with Gasteiger partial charge in [0.05, 0.1) is 28.8 Å². The van der Waals surface area contributed by atoms with E-state index in [9.17, 15) is 14.4 Å². The van der Waals surface area contributed by atoms with Crippen molar-refractivity contribution >= 4 is 41.3 Å².